The SMILES string of the molecule is C=CCCCCC12c3ccccc3C(C(=O)OCC)(c3ccccc31)N2C. The fourth-order valence-electron chi connectivity index (χ4n) is 5.32. The van der Waals surface area contributed by atoms with Crippen molar-refractivity contribution in [2.75, 3.05) is 13.7 Å². The highest BCUT2D eigenvalue weighted by atomic mass is 16.5. The van der Waals surface area contributed by atoms with Gasteiger partial charge in [-0.05, 0) is 55.5 Å². The summed E-state index contributed by atoms with van der Waals surface area (Å²) in [5, 5.41) is 0. The van der Waals surface area contributed by atoms with E-state index in [9.17, 15) is 4.79 Å². The van der Waals surface area contributed by atoms with E-state index in [0.717, 1.165) is 36.8 Å². The molecule has 0 aliphatic carbocycles. The van der Waals surface area contributed by atoms with Gasteiger partial charge in [0.2, 0.25) is 0 Å². The van der Waals surface area contributed by atoms with Crippen LogP contribution in [0.3, 0.4) is 0 Å². The number of fused-ring (bicyclic) bond motifs is 8. The monoisotopic (exact) mass is 361 g/mol. The first-order chi connectivity index (χ1) is 13.2. The highest BCUT2D eigenvalue weighted by Crippen LogP contribution is 2.64. The van der Waals surface area contributed by atoms with Crippen LogP contribution in [0.5, 0.6) is 0 Å². The Labute approximate surface area is 161 Å². The minimum atomic E-state index is -0.846. The Morgan fingerprint density at radius 1 is 1.04 bits per heavy atom. The first-order valence-corrected chi connectivity index (χ1v) is 9.87. The normalized spacial score (nSPS) is 25.1. The van der Waals surface area contributed by atoms with Gasteiger partial charge in [-0.1, -0.05) is 61.0 Å². The summed E-state index contributed by atoms with van der Waals surface area (Å²) in [7, 11) is 2.09. The Morgan fingerprint density at radius 2 is 1.59 bits per heavy atom. The number of allylic oxidation sites excluding steroid dienone is 1. The molecule has 2 heterocycles. The molecule has 27 heavy (non-hydrogen) atoms. The largest absolute Gasteiger partial charge is 0.464 e. The van der Waals surface area contributed by atoms with Crippen molar-refractivity contribution in [3.63, 3.8) is 0 Å². The van der Waals surface area contributed by atoms with Gasteiger partial charge in [0.25, 0.3) is 0 Å². The molecule has 0 unspecified atom stereocenters. The minimum absolute atomic E-state index is 0.169. The van der Waals surface area contributed by atoms with Gasteiger partial charge in [-0.3, -0.25) is 4.90 Å². The lowest BCUT2D eigenvalue weighted by Gasteiger charge is -2.36. The van der Waals surface area contributed by atoms with Gasteiger partial charge in [-0.2, -0.15) is 0 Å². The summed E-state index contributed by atoms with van der Waals surface area (Å²) in [6.07, 6.45) is 6.17. The predicted molar refractivity (Wildman–Crippen MR) is 108 cm³/mol. The van der Waals surface area contributed by atoms with Crippen LogP contribution in [0.1, 0.15) is 54.9 Å². The Balaban J connectivity index is 1.94. The van der Waals surface area contributed by atoms with Crippen LogP contribution in [-0.4, -0.2) is 24.5 Å². The van der Waals surface area contributed by atoms with E-state index in [0.29, 0.717) is 6.61 Å². The summed E-state index contributed by atoms with van der Waals surface area (Å²) in [6.45, 7) is 6.10. The van der Waals surface area contributed by atoms with E-state index < -0.39 is 5.54 Å². The molecule has 0 spiro atoms. The molecule has 2 aliphatic heterocycles. The fraction of sp³-hybridized carbons (Fsp3) is 0.375. The van der Waals surface area contributed by atoms with Gasteiger partial charge in [0.05, 0.1) is 12.1 Å². The number of hydrogen-bond donors (Lipinski definition) is 0. The van der Waals surface area contributed by atoms with Gasteiger partial charge in [0.15, 0.2) is 5.54 Å². The molecular weight excluding hydrogens is 334 g/mol. The van der Waals surface area contributed by atoms with Crippen LogP contribution in [0.4, 0.5) is 0 Å². The van der Waals surface area contributed by atoms with Crippen LogP contribution in [-0.2, 0) is 20.6 Å². The van der Waals surface area contributed by atoms with E-state index in [1.165, 1.54) is 11.1 Å². The van der Waals surface area contributed by atoms with Crippen molar-refractivity contribution in [2.45, 2.75) is 43.7 Å². The molecule has 0 aromatic heterocycles. The maximum Gasteiger partial charge on any atom is 0.335 e. The highest BCUT2D eigenvalue weighted by Gasteiger charge is 2.68. The molecule has 0 fully saturated rings. The zero-order valence-corrected chi connectivity index (χ0v) is 16.2. The number of nitrogens with zero attached hydrogens (tertiary/aromatic N) is 1. The third-order valence-corrected chi connectivity index (χ3v) is 6.37. The lowest BCUT2D eigenvalue weighted by Crippen LogP contribution is -2.48. The molecule has 3 nitrogen and oxygen atoms in total. The number of benzene rings is 2. The topological polar surface area (TPSA) is 29.5 Å². The van der Waals surface area contributed by atoms with E-state index in [1.807, 2.05) is 25.1 Å². The third-order valence-electron chi connectivity index (χ3n) is 6.37. The Bertz CT molecular complexity index is 838. The Morgan fingerprint density at radius 3 is 2.11 bits per heavy atom. The molecule has 140 valence electrons. The van der Waals surface area contributed by atoms with Gasteiger partial charge in [-0.15, -0.1) is 6.58 Å². The Hall–Kier alpha value is -2.39. The number of unbranched alkanes of at least 4 members (excludes halogenated alkanes) is 2. The lowest BCUT2D eigenvalue weighted by atomic mass is 9.71. The average molecular weight is 361 g/mol. The molecule has 0 atom stereocenters. The number of ether oxygens (including phenoxy) is 1. The first-order valence-electron chi connectivity index (χ1n) is 9.87. The second-order valence-corrected chi connectivity index (χ2v) is 7.48. The smallest absolute Gasteiger partial charge is 0.335 e. The summed E-state index contributed by atoms with van der Waals surface area (Å²) >= 11 is 0. The number of esters is 1. The van der Waals surface area contributed by atoms with Crippen molar-refractivity contribution in [3.8, 4) is 0 Å². The van der Waals surface area contributed by atoms with Crippen LogP contribution < -0.4 is 0 Å². The zero-order valence-electron chi connectivity index (χ0n) is 16.2. The maximum absolute atomic E-state index is 13.4. The van der Waals surface area contributed by atoms with E-state index in [2.05, 4.69) is 54.9 Å². The van der Waals surface area contributed by atoms with Crippen LogP contribution in [0.15, 0.2) is 61.2 Å². The van der Waals surface area contributed by atoms with Crippen LogP contribution in [0.25, 0.3) is 0 Å². The molecule has 2 aliphatic rings. The number of likely N-dealkylation sites (N-methyl/N-ethyl adjacent to an activating group) is 1. The van der Waals surface area contributed by atoms with Gasteiger partial charge >= 0.3 is 5.97 Å². The first kappa shape index (κ1) is 18.0. The summed E-state index contributed by atoms with van der Waals surface area (Å²) in [6, 6.07) is 16.8. The Kier molecular flexibility index (Phi) is 4.43. The second-order valence-electron chi connectivity index (χ2n) is 7.48. The van der Waals surface area contributed by atoms with Crippen molar-refractivity contribution in [1.29, 1.82) is 0 Å². The molecule has 3 heteroatoms. The quantitative estimate of drug-likeness (QED) is 0.405. The number of carbonyl (C=O) groups excluding carboxylic acids is 1. The molecule has 0 amide bonds. The summed E-state index contributed by atoms with van der Waals surface area (Å²) < 4.78 is 5.63. The second kappa shape index (κ2) is 6.65. The van der Waals surface area contributed by atoms with Crippen molar-refractivity contribution in [2.24, 2.45) is 0 Å². The molecule has 2 aromatic rings. The molecule has 0 N–H and O–H groups in total. The van der Waals surface area contributed by atoms with Gasteiger partial charge in [0.1, 0.15) is 0 Å². The zero-order chi connectivity index (χ0) is 19.1. The maximum atomic E-state index is 13.4. The van der Waals surface area contributed by atoms with Crippen molar-refractivity contribution in [3.05, 3.63) is 83.4 Å². The molecule has 4 rings (SSSR count). The van der Waals surface area contributed by atoms with Crippen LogP contribution in [0, 0.1) is 0 Å². The standard InChI is InChI=1S/C24H27NO2/c1-4-6-7-12-17-23-18-13-8-10-15-20(18)24(25(23)3,22(26)27-5-2)21-16-11-9-14-19(21)23/h4,8-11,13-16H,1,5-7,12,17H2,2-3H3. The van der Waals surface area contributed by atoms with Crippen molar-refractivity contribution < 1.29 is 9.53 Å². The van der Waals surface area contributed by atoms with E-state index >= 15 is 0 Å². The van der Waals surface area contributed by atoms with Gasteiger partial charge < -0.3 is 4.74 Å². The summed E-state index contributed by atoms with van der Waals surface area (Å²) in [5.74, 6) is -0.169. The number of rotatable bonds is 7. The molecule has 0 saturated carbocycles. The predicted octanol–water partition coefficient (Wildman–Crippen LogP) is 4.74. The van der Waals surface area contributed by atoms with Crippen molar-refractivity contribution in [1.82, 2.24) is 4.90 Å². The average Bonchev–Trinajstić information content (AvgIpc) is 3.06. The number of carbonyl (C=O) groups is 1. The van der Waals surface area contributed by atoms with Crippen LogP contribution in [0.2, 0.25) is 0 Å². The van der Waals surface area contributed by atoms with E-state index in [-0.39, 0.29) is 11.5 Å². The van der Waals surface area contributed by atoms with E-state index in [4.69, 9.17) is 4.74 Å². The fourth-order valence-corrected chi connectivity index (χ4v) is 5.32. The van der Waals surface area contributed by atoms with E-state index in [1.54, 1.807) is 0 Å². The van der Waals surface area contributed by atoms with Crippen LogP contribution >= 0.6 is 0 Å². The highest BCUT2D eigenvalue weighted by molar-refractivity contribution is 5.93. The number of hydrogen-bond acceptors (Lipinski definition) is 3. The summed E-state index contributed by atoms with van der Waals surface area (Å²) in [5.41, 5.74) is 3.53. The molecule has 2 aromatic carbocycles. The molecular formula is C24H27NO2. The van der Waals surface area contributed by atoms with Gasteiger partial charge in [-0.25, -0.2) is 4.79 Å². The van der Waals surface area contributed by atoms with Crippen molar-refractivity contribution >= 4 is 5.97 Å². The van der Waals surface area contributed by atoms with Gasteiger partial charge in [0, 0.05) is 0 Å². The minimum Gasteiger partial charge on any atom is -0.464 e. The summed E-state index contributed by atoms with van der Waals surface area (Å²) in [4.78, 5) is 15.7. The lowest BCUT2D eigenvalue weighted by molar-refractivity contribution is -0.155. The third kappa shape index (κ3) is 2.15. The molecule has 2 bridgehead atoms. The molecule has 0 saturated heterocycles. The molecule has 0 radical (unpaired) electrons.